The number of carbonyl (C=O) groups is 1. The predicted octanol–water partition coefficient (Wildman–Crippen LogP) is 2.26. The molecule has 1 saturated carbocycles. The largest absolute Gasteiger partial charge is 0.481 e. The lowest BCUT2D eigenvalue weighted by Crippen LogP contribution is -2.10. The lowest BCUT2D eigenvalue weighted by molar-refractivity contribution is -0.143. The Balaban J connectivity index is 2.45. The number of hydrogen-bond donors (Lipinski definition) is 1. The Morgan fingerprint density at radius 1 is 1.50 bits per heavy atom. The molecule has 0 amide bonds. The third kappa shape index (κ3) is 1.77. The highest BCUT2D eigenvalue weighted by molar-refractivity contribution is 5.77. The van der Waals surface area contributed by atoms with Gasteiger partial charge in [-0.05, 0) is 5.41 Å². The molecule has 0 aromatic carbocycles. The van der Waals surface area contributed by atoms with E-state index in [-0.39, 0.29) is 5.56 Å². The number of hydrogen-bond acceptors (Lipinski definition) is 2. The van der Waals surface area contributed by atoms with E-state index in [1.165, 1.54) is 13.2 Å². The highest BCUT2D eigenvalue weighted by Crippen LogP contribution is 2.65. The van der Waals surface area contributed by atoms with Crippen LogP contribution in [0.4, 0.5) is 13.2 Å². The van der Waals surface area contributed by atoms with E-state index in [1.54, 1.807) is 13.8 Å². The van der Waals surface area contributed by atoms with Gasteiger partial charge in [-0.15, -0.1) is 0 Å². The molecule has 4 nitrogen and oxygen atoms in total. The first-order valence-corrected chi connectivity index (χ1v) is 5.40. The number of halogens is 3. The summed E-state index contributed by atoms with van der Waals surface area (Å²) in [5.41, 5.74) is -1.68. The van der Waals surface area contributed by atoms with E-state index in [4.69, 9.17) is 5.11 Å². The van der Waals surface area contributed by atoms with Crippen LogP contribution in [0.2, 0.25) is 0 Å². The van der Waals surface area contributed by atoms with Crippen LogP contribution in [0.25, 0.3) is 0 Å². The van der Waals surface area contributed by atoms with Crippen molar-refractivity contribution in [1.82, 2.24) is 9.78 Å². The van der Waals surface area contributed by atoms with Gasteiger partial charge < -0.3 is 5.11 Å². The van der Waals surface area contributed by atoms with Crippen LogP contribution in [0.5, 0.6) is 0 Å². The summed E-state index contributed by atoms with van der Waals surface area (Å²) in [5, 5.41) is 12.4. The summed E-state index contributed by atoms with van der Waals surface area (Å²) in [5.74, 6) is -2.50. The second kappa shape index (κ2) is 3.49. The molecule has 0 aliphatic heterocycles. The van der Waals surface area contributed by atoms with E-state index in [1.807, 2.05) is 0 Å². The smallest absolute Gasteiger partial charge is 0.435 e. The number of alkyl halides is 3. The number of nitrogens with zero attached hydrogens (tertiary/aromatic N) is 2. The molecule has 1 aliphatic carbocycles. The van der Waals surface area contributed by atoms with Crippen LogP contribution in [0.1, 0.15) is 31.0 Å². The fraction of sp³-hybridized carbons (Fsp3) is 0.636. The van der Waals surface area contributed by atoms with Crippen molar-refractivity contribution in [3.8, 4) is 0 Å². The van der Waals surface area contributed by atoms with Crippen molar-refractivity contribution in [2.75, 3.05) is 0 Å². The quantitative estimate of drug-likeness (QED) is 0.889. The van der Waals surface area contributed by atoms with E-state index in [0.717, 1.165) is 4.68 Å². The number of aromatic nitrogens is 2. The monoisotopic (exact) mass is 262 g/mol. The summed E-state index contributed by atoms with van der Waals surface area (Å²) in [6.45, 7) is 3.31. The highest BCUT2D eigenvalue weighted by atomic mass is 19.4. The van der Waals surface area contributed by atoms with Crippen molar-refractivity contribution < 1.29 is 23.1 Å². The minimum Gasteiger partial charge on any atom is -0.481 e. The molecule has 0 saturated heterocycles. The van der Waals surface area contributed by atoms with Gasteiger partial charge in [0.05, 0.1) is 5.92 Å². The topological polar surface area (TPSA) is 55.1 Å². The summed E-state index contributed by atoms with van der Waals surface area (Å²) in [6.07, 6.45) is -3.30. The Kier molecular flexibility index (Phi) is 2.50. The van der Waals surface area contributed by atoms with Gasteiger partial charge >= 0.3 is 12.1 Å². The van der Waals surface area contributed by atoms with E-state index in [0.29, 0.717) is 0 Å². The molecule has 0 bridgehead atoms. The summed E-state index contributed by atoms with van der Waals surface area (Å²) in [4.78, 5) is 11.0. The number of carboxylic acid groups (broad SMARTS) is 1. The average molecular weight is 262 g/mol. The minimum absolute atomic E-state index is 0.0256. The molecule has 1 heterocycles. The molecule has 1 N–H and O–H groups in total. The summed E-state index contributed by atoms with van der Waals surface area (Å²) in [6, 6.07) is 0. The van der Waals surface area contributed by atoms with Gasteiger partial charge in [0.2, 0.25) is 0 Å². The molecule has 0 unspecified atom stereocenters. The highest BCUT2D eigenvalue weighted by Gasteiger charge is 2.64. The zero-order valence-electron chi connectivity index (χ0n) is 10.1. The molecule has 1 aliphatic rings. The molecule has 18 heavy (non-hydrogen) atoms. The second-order valence-electron chi connectivity index (χ2n) is 5.22. The third-order valence-electron chi connectivity index (χ3n) is 3.55. The van der Waals surface area contributed by atoms with Crippen LogP contribution in [-0.2, 0) is 18.0 Å². The molecule has 2 rings (SSSR count). The van der Waals surface area contributed by atoms with Crippen LogP contribution < -0.4 is 0 Å². The molecule has 100 valence electrons. The first kappa shape index (κ1) is 12.9. The van der Waals surface area contributed by atoms with E-state index in [2.05, 4.69) is 5.10 Å². The molecule has 0 radical (unpaired) electrons. The van der Waals surface area contributed by atoms with Crippen molar-refractivity contribution >= 4 is 5.97 Å². The van der Waals surface area contributed by atoms with Crippen LogP contribution >= 0.6 is 0 Å². The van der Waals surface area contributed by atoms with Crippen molar-refractivity contribution in [2.45, 2.75) is 25.9 Å². The zero-order valence-corrected chi connectivity index (χ0v) is 10.1. The summed E-state index contributed by atoms with van der Waals surface area (Å²) < 4.78 is 39.5. The Hall–Kier alpha value is -1.53. The number of rotatable bonds is 2. The van der Waals surface area contributed by atoms with Gasteiger partial charge in [-0.2, -0.15) is 18.3 Å². The van der Waals surface area contributed by atoms with Gasteiger partial charge in [0.1, 0.15) is 0 Å². The van der Waals surface area contributed by atoms with Crippen molar-refractivity contribution in [2.24, 2.45) is 18.4 Å². The van der Waals surface area contributed by atoms with Crippen molar-refractivity contribution in [3.63, 3.8) is 0 Å². The lowest BCUT2D eigenvalue weighted by Gasteiger charge is -2.06. The fourth-order valence-corrected chi connectivity index (χ4v) is 2.63. The van der Waals surface area contributed by atoms with Crippen LogP contribution in [0.15, 0.2) is 6.20 Å². The second-order valence-corrected chi connectivity index (χ2v) is 5.22. The molecular weight excluding hydrogens is 249 g/mol. The summed E-state index contributed by atoms with van der Waals surface area (Å²) >= 11 is 0. The molecule has 1 aromatic rings. The van der Waals surface area contributed by atoms with E-state index in [9.17, 15) is 18.0 Å². The van der Waals surface area contributed by atoms with Gasteiger partial charge in [0, 0.05) is 24.7 Å². The maximum Gasteiger partial charge on any atom is 0.435 e. The minimum atomic E-state index is -4.56. The number of aryl methyl sites for hydroxylation is 1. The molecule has 0 spiro atoms. The van der Waals surface area contributed by atoms with Crippen molar-refractivity contribution in [3.05, 3.63) is 17.5 Å². The maximum atomic E-state index is 12.8. The molecule has 1 fully saturated rings. The van der Waals surface area contributed by atoms with Gasteiger partial charge in [-0.1, -0.05) is 13.8 Å². The Morgan fingerprint density at radius 2 is 2.06 bits per heavy atom. The van der Waals surface area contributed by atoms with Crippen LogP contribution in [0.3, 0.4) is 0 Å². The van der Waals surface area contributed by atoms with Gasteiger partial charge in [-0.25, -0.2) is 0 Å². The van der Waals surface area contributed by atoms with E-state index < -0.39 is 35.1 Å². The normalized spacial score (nSPS) is 26.1. The Labute approximate surface area is 101 Å². The van der Waals surface area contributed by atoms with Gasteiger partial charge in [-0.3, -0.25) is 9.48 Å². The standard InChI is InChI=1S/C11H13F3N2O2/c1-10(2)6(7(10)9(17)18)5-4-16(3)15-8(5)11(12,13)14/h4,6-7H,1-3H3,(H,17,18)/t6-,7+/m1/s1. The molecular formula is C11H13F3N2O2. The van der Waals surface area contributed by atoms with Gasteiger partial charge in [0.15, 0.2) is 5.69 Å². The Morgan fingerprint density at radius 3 is 2.44 bits per heavy atom. The fourth-order valence-electron chi connectivity index (χ4n) is 2.63. The maximum absolute atomic E-state index is 12.8. The van der Waals surface area contributed by atoms with Crippen LogP contribution in [-0.4, -0.2) is 20.9 Å². The lowest BCUT2D eigenvalue weighted by atomic mass is 10.0. The molecule has 7 heteroatoms. The van der Waals surface area contributed by atoms with Gasteiger partial charge in [0.25, 0.3) is 0 Å². The number of aliphatic carboxylic acids is 1. The van der Waals surface area contributed by atoms with E-state index >= 15 is 0 Å². The average Bonchev–Trinajstić information content (AvgIpc) is 2.54. The first-order chi connectivity index (χ1) is 8.06. The predicted molar refractivity (Wildman–Crippen MR) is 55.9 cm³/mol. The summed E-state index contributed by atoms with van der Waals surface area (Å²) in [7, 11) is 1.39. The first-order valence-electron chi connectivity index (χ1n) is 5.40. The molecule has 1 aromatic heterocycles. The Bertz CT molecular complexity index is 505. The zero-order chi connectivity index (χ0) is 13.9. The van der Waals surface area contributed by atoms with Crippen LogP contribution in [0, 0.1) is 11.3 Å². The SMILES string of the molecule is Cn1cc([C@@H]2[C@@H](C(=O)O)C2(C)C)c(C(F)(F)F)n1. The van der Waals surface area contributed by atoms with Crippen molar-refractivity contribution in [1.29, 1.82) is 0 Å². The molecule has 2 atom stereocenters. The third-order valence-corrected chi connectivity index (χ3v) is 3.55. The number of carboxylic acids is 1.